The van der Waals surface area contributed by atoms with E-state index in [1.807, 2.05) is 36.0 Å². The molecule has 0 saturated heterocycles. The number of fused-ring (bicyclic) bond motifs is 2. The standard InChI is InChI=1S/C21H28N4O2/c1-15(2)24-9-6-10-25-17(13-24)12-19(22-25)21(26)23(3)14-18-11-16-7-4-5-8-20(16)27-18/h4-5,7-8,12,15,18H,6,9-11,13-14H2,1-3H3/t18-/m0/s1. The second-order valence-electron chi connectivity index (χ2n) is 7.90. The zero-order chi connectivity index (χ0) is 19.0. The Hall–Kier alpha value is -2.34. The summed E-state index contributed by atoms with van der Waals surface area (Å²) in [7, 11) is 1.83. The molecule has 0 radical (unpaired) electrons. The topological polar surface area (TPSA) is 50.6 Å². The van der Waals surface area contributed by atoms with Gasteiger partial charge in [0.25, 0.3) is 5.91 Å². The van der Waals surface area contributed by atoms with Crippen molar-refractivity contribution in [2.75, 3.05) is 20.1 Å². The van der Waals surface area contributed by atoms with E-state index in [1.54, 1.807) is 4.90 Å². The zero-order valence-electron chi connectivity index (χ0n) is 16.4. The Morgan fingerprint density at radius 2 is 2.15 bits per heavy atom. The van der Waals surface area contributed by atoms with Crippen molar-refractivity contribution < 1.29 is 9.53 Å². The summed E-state index contributed by atoms with van der Waals surface area (Å²) in [6.45, 7) is 7.79. The first-order valence-electron chi connectivity index (χ1n) is 9.82. The summed E-state index contributed by atoms with van der Waals surface area (Å²) >= 11 is 0. The largest absolute Gasteiger partial charge is 0.488 e. The van der Waals surface area contributed by atoms with Crippen LogP contribution in [-0.4, -0.2) is 57.8 Å². The van der Waals surface area contributed by atoms with E-state index < -0.39 is 0 Å². The zero-order valence-corrected chi connectivity index (χ0v) is 16.4. The lowest BCUT2D eigenvalue weighted by molar-refractivity contribution is 0.0723. The number of likely N-dealkylation sites (N-methyl/N-ethyl adjacent to an activating group) is 1. The first-order valence-corrected chi connectivity index (χ1v) is 9.82. The van der Waals surface area contributed by atoms with Crippen LogP contribution >= 0.6 is 0 Å². The van der Waals surface area contributed by atoms with Gasteiger partial charge < -0.3 is 9.64 Å². The molecule has 6 heteroatoms. The summed E-state index contributed by atoms with van der Waals surface area (Å²) in [4.78, 5) is 17.1. The molecule has 1 atom stereocenters. The summed E-state index contributed by atoms with van der Waals surface area (Å²) in [6, 6.07) is 10.5. The van der Waals surface area contributed by atoms with E-state index in [-0.39, 0.29) is 12.0 Å². The van der Waals surface area contributed by atoms with Crippen molar-refractivity contribution in [3.63, 3.8) is 0 Å². The van der Waals surface area contributed by atoms with Gasteiger partial charge in [0.1, 0.15) is 11.9 Å². The van der Waals surface area contributed by atoms with Gasteiger partial charge in [0.15, 0.2) is 5.69 Å². The van der Waals surface area contributed by atoms with Gasteiger partial charge in [-0.15, -0.1) is 0 Å². The van der Waals surface area contributed by atoms with Crippen molar-refractivity contribution >= 4 is 5.91 Å². The first kappa shape index (κ1) is 18.0. The highest BCUT2D eigenvalue weighted by atomic mass is 16.5. The average Bonchev–Trinajstić information content (AvgIpc) is 3.18. The van der Waals surface area contributed by atoms with Crippen LogP contribution in [0.4, 0.5) is 0 Å². The monoisotopic (exact) mass is 368 g/mol. The highest BCUT2D eigenvalue weighted by molar-refractivity contribution is 5.92. The molecule has 0 spiro atoms. The van der Waals surface area contributed by atoms with Gasteiger partial charge in [-0.1, -0.05) is 18.2 Å². The van der Waals surface area contributed by atoms with Crippen molar-refractivity contribution in [1.82, 2.24) is 19.6 Å². The van der Waals surface area contributed by atoms with Crippen LogP contribution in [0.3, 0.4) is 0 Å². The number of amides is 1. The molecule has 2 aromatic rings. The SMILES string of the molecule is CC(C)N1CCCn2nc(C(=O)N(C)C[C@@H]3Cc4ccccc4O3)cc2C1. The molecule has 3 heterocycles. The maximum Gasteiger partial charge on any atom is 0.274 e. The molecular formula is C21H28N4O2. The third-order valence-corrected chi connectivity index (χ3v) is 5.53. The lowest BCUT2D eigenvalue weighted by Gasteiger charge is -2.23. The van der Waals surface area contributed by atoms with E-state index >= 15 is 0 Å². The normalized spacial score (nSPS) is 19.3. The molecule has 0 saturated carbocycles. The Balaban J connectivity index is 1.42. The molecule has 4 rings (SSSR count). The third kappa shape index (κ3) is 3.72. The Morgan fingerprint density at radius 1 is 1.33 bits per heavy atom. The van der Waals surface area contributed by atoms with Gasteiger partial charge in [-0.2, -0.15) is 5.10 Å². The van der Waals surface area contributed by atoms with Crippen LogP contribution < -0.4 is 4.74 Å². The van der Waals surface area contributed by atoms with Crippen LogP contribution in [0.2, 0.25) is 0 Å². The molecule has 2 aliphatic rings. The molecule has 1 amide bonds. The lowest BCUT2D eigenvalue weighted by Crippen LogP contribution is -2.36. The number of benzene rings is 1. The van der Waals surface area contributed by atoms with Gasteiger partial charge in [-0.3, -0.25) is 14.4 Å². The number of carbonyl (C=O) groups is 1. The summed E-state index contributed by atoms with van der Waals surface area (Å²) in [5.41, 5.74) is 2.88. The molecule has 0 bridgehead atoms. The lowest BCUT2D eigenvalue weighted by atomic mass is 10.1. The van der Waals surface area contributed by atoms with E-state index in [0.717, 1.165) is 43.9 Å². The fourth-order valence-corrected chi connectivity index (χ4v) is 3.97. The number of aryl methyl sites for hydroxylation is 1. The van der Waals surface area contributed by atoms with E-state index in [1.165, 1.54) is 5.56 Å². The molecule has 1 aromatic carbocycles. The number of carbonyl (C=O) groups excluding carboxylic acids is 1. The van der Waals surface area contributed by atoms with Crippen LogP contribution in [0.5, 0.6) is 5.75 Å². The van der Waals surface area contributed by atoms with Crippen molar-refractivity contribution in [2.45, 2.75) is 51.9 Å². The number of hydrogen-bond donors (Lipinski definition) is 0. The average molecular weight is 368 g/mol. The highest BCUT2D eigenvalue weighted by Crippen LogP contribution is 2.28. The molecule has 0 unspecified atom stereocenters. The summed E-state index contributed by atoms with van der Waals surface area (Å²) in [6.07, 6.45) is 1.91. The summed E-state index contributed by atoms with van der Waals surface area (Å²) in [5.74, 6) is 0.900. The molecule has 2 aliphatic heterocycles. The fourth-order valence-electron chi connectivity index (χ4n) is 3.97. The molecule has 27 heavy (non-hydrogen) atoms. The van der Waals surface area contributed by atoms with E-state index in [0.29, 0.717) is 18.3 Å². The summed E-state index contributed by atoms with van der Waals surface area (Å²) < 4.78 is 7.98. The molecular weight excluding hydrogens is 340 g/mol. The summed E-state index contributed by atoms with van der Waals surface area (Å²) in [5, 5.41) is 4.60. The Kier molecular flexibility index (Phi) is 4.91. The van der Waals surface area contributed by atoms with Gasteiger partial charge in [-0.05, 0) is 38.0 Å². The van der Waals surface area contributed by atoms with Crippen molar-refractivity contribution in [1.29, 1.82) is 0 Å². The minimum Gasteiger partial charge on any atom is -0.488 e. The number of ether oxygens (including phenoxy) is 1. The quantitative estimate of drug-likeness (QED) is 0.832. The van der Waals surface area contributed by atoms with Gasteiger partial charge >= 0.3 is 0 Å². The minimum absolute atomic E-state index is 0.00761. The van der Waals surface area contributed by atoms with E-state index in [2.05, 4.69) is 29.9 Å². The van der Waals surface area contributed by atoms with Crippen molar-refractivity contribution in [3.8, 4) is 5.75 Å². The van der Waals surface area contributed by atoms with E-state index in [4.69, 9.17) is 4.74 Å². The number of aromatic nitrogens is 2. The van der Waals surface area contributed by atoms with Gasteiger partial charge in [-0.25, -0.2) is 0 Å². The van der Waals surface area contributed by atoms with E-state index in [9.17, 15) is 4.79 Å². The second-order valence-corrected chi connectivity index (χ2v) is 7.90. The van der Waals surface area contributed by atoms with Crippen LogP contribution in [0.15, 0.2) is 30.3 Å². The Labute approximate surface area is 160 Å². The highest BCUT2D eigenvalue weighted by Gasteiger charge is 2.27. The number of hydrogen-bond acceptors (Lipinski definition) is 4. The number of rotatable bonds is 4. The van der Waals surface area contributed by atoms with Crippen LogP contribution in [0, 0.1) is 0 Å². The van der Waals surface area contributed by atoms with Gasteiger partial charge in [0.05, 0.1) is 12.2 Å². The maximum absolute atomic E-state index is 12.9. The number of para-hydroxylation sites is 1. The molecule has 144 valence electrons. The number of nitrogens with zero attached hydrogens (tertiary/aromatic N) is 4. The maximum atomic E-state index is 12.9. The molecule has 0 N–H and O–H groups in total. The van der Waals surface area contributed by atoms with Crippen LogP contribution in [-0.2, 0) is 19.5 Å². The smallest absolute Gasteiger partial charge is 0.274 e. The molecule has 0 aliphatic carbocycles. The van der Waals surface area contributed by atoms with Crippen molar-refractivity contribution in [2.24, 2.45) is 0 Å². The molecule has 1 aromatic heterocycles. The third-order valence-electron chi connectivity index (χ3n) is 5.53. The van der Waals surface area contributed by atoms with Crippen LogP contribution in [0.1, 0.15) is 42.0 Å². The fraction of sp³-hybridized carbons (Fsp3) is 0.524. The van der Waals surface area contributed by atoms with Crippen LogP contribution in [0.25, 0.3) is 0 Å². The first-order chi connectivity index (χ1) is 13.0. The van der Waals surface area contributed by atoms with Crippen molar-refractivity contribution in [3.05, 3.63) is 47.3 Å². The van der Waals surface area contributed by atoms with Gasteiger partial charge in [0.2, 0.25) is 0 Å². The predicted molar refractivity (Wildman–Crippen MR) is 104 cm³/mol. The minimum atomic E-state index is -0.0359. The Morgan fingerprint density at radius 3 is 2.93 bits per heavy atom. The molecule has 0 fully saturated rings. The Bertz CT molecular complexity index is 804. The second kappa shape index (κ2) is 7.35. The van der Waals surface area contributed by atoms with Gasteiger partial charge in [0, 0.05) is 39.1 Å². The molecule has 6 nitrogen and oxygen atoms in total. The predicted octanol–water partition coefficient (Wildman–Crippen LogP) is 2.57.